The normalized spacial score (nSPS) is 18.2. The highest BCUT2D eigenvalue weighted by molar-refractivity contribution is 5.95. The second kappa shape index (κ2) is 5.24. The van der Waals surface area contributed by atoms with E-state index in [2.05, 4.69) is 34.3 Å². The first-order valence-corrected chi connectivity index (χ1v) is 7.14. The van der Waals surface area contributed by atoms with Crippen molar-refractivity contribution >= 4 is 11.8 Å². The Kier molecular flexibility index (Phi) is 3.41. The smallest absolute Gasteiger partial charge is 0.341 e. The van der Waals surface area contributed by atoms with E-state index in [4.69, 9.17) is 0 Å². The van der Waals surface area contributed by atoms with Gasteiger partial charge in [0.15, 0.2) is 0 Å². The van der Waals surface area contributed by atoms with Crippen molar-refractivity contribution in [2.75, 3.05) is 18.0 Å². The molecule has 1 unspecified atom stereocenters. The van der Waals surface area contributed by atoms with Gasteiger partial charge in [-0.15, -0.1) is 0 Å². The van der Waals surface area contributed by atoms with Crippen molar-refractivity contribution in [2.45, 2.75) is 19.3 Å². The molecule has 1 atom stereocenters. The zero-order valence-corrected chi connectivity index (χ0v) is 12.3. The Balaban J connectivity index is 1.89. The Bertz CT molecular complexity index is 664. The molecular weight excluding hydrogens is 266 g/mol. The van der Waals surface area contributed by atoms with Crippen molar-refractivity contribution in [1.82, 2.24) is 9.78 Å². The van der Waals surface area contributed by atoms with Crippen LogP contribution in [0, 0.1) is 6.92 Å². The predicted octanol–water partition coefficient (Wildman–Crippen LogP) is 2.42. The van der Waals surface area contributed by atoms with Crippen LogP contribution in [0.2, 0.25) is 0 Å². The van der Waals surface area contributed by atoms with Crippen LogP contribution in [0.15, 0.2) is 30.3 Å². The lowest BCUT2D eigenvalue weighted by atomic mass is 9.99. The first-order chi connectivity index (χ1) is 10.1. The molecule has 3 rings (SSSR count). The molecule has 0 radical (unpaired) electrons. The number of hydrogen-bond acceptors (Lipinski definition) is 3. The fourth-order valence-corrected chi connectivity index (χ4v) is 3.21. The third-order valence-electron chi connectivity index (χ3n) is 4.16. The van der Waals surface area contributed by atoms with E-state index in [1.54, 1.807) is 11.6 Å². The Hall–Kier alpha value is -2.30. The number of benzene rings is 1. The molecule has 1 N–H and O–H groups in total. The highest BCUT2D eigenvalue weighted by Gasteiger charge is 2.30. The largest absolute Gasteiger partial charge is 0.477 e. The van der Waals surface area contributed by atoms with Crippen LogP contribution in [-0.4, -0.2) is 33.9 Å². The SMILES string of the molecule is Cc1nn(C)c(N2CCC(c3ccccc3)C2)c1C(=O)O. The topological polar surface area (TPSA) is 58.4 Å². The van der Waals surface area contributed by atoms with Gasteiger partial charge < -0.3 is 10.0 Å². The van der Waals surface area contributed by atoms with Crippen molar-refractivity contribution in [1.29, 1.82) is 0 Å². The van der Waals surface area contributed by atoms with Gasteiger partial charge >= 0.3 is 5.97 Å². The summed E-state index contributed by atoms with van der Waals surface area (Å²) in [6.07, 6.45) is 1.04. The van der Waals surface area contributed by atoms with Crippen LogP contribution in [0.25, 0.3) is 0 Å². The lowest BCUT2D eigenvalue weighted by molar-refractivity contribution is 0.0696. The number of rotatable bonds is 3. The van der Waals surface area contributed by atoms with E-state index in [0.717, 1.165) is 25.3 Å². The number of aromatic nitrogens is 2. The molecule has 0 bridgehead atoms. The highest BCUT2D eigenvalue weighted by Crippen LogP contribution is 2.33. The van der Waals surface area contributed by atoms with E-state index >= 15 is 0 Å². The molecule has 5 heteroatoms. The zero-order chi connectivity index (χ0) is 15.0. The molecule has 21 heavy (non-hydrogen) atoms. The predicted molar refractivity (Wildman–Crippen MR) is 80.9 cm³/mol. The number of nitrogens with zero attached hydrogens (tertiary/aromatic N) is 3. The number of carboxylic acids is 1. The van der Waals surface area contributed by atoms with Crippen molar-refractivity contribution in [3.05, 3.63) is 47.2 Å². The van der Waals surface area contributed by atoms with Gasteiger partial charge in [0.1, 0.15) is 11.4 Å². The summed E-state index contributed by atoms with van der Waals surface area (Å²) in [7, 11) is 1.81. The first kappa shape index (κ1) is 13.7. The molecule has 1 aliphatic heterocycles. The molecule has 1 aromatic carbocycles. The van der Waals surface area contributed by atoms with Crippen LogP contribution in [0.5, 0.6) is 0 Å². The molecule has 0 saturated carbocycles. The van der Waals surface area contributed by atoms with Crippen LogP contribution >= 0.6 is 0 Å². The van der Waals surface area contributed by atoms with E-state index in [0.29, 0.717) is 17.2 Å². The minimum Gasteiger partial charge on any atom is -0.477 e. The van der Waals surface area contributed by atoms with E-state index in [1.165, 1.54) is 5.56 Å². The molecule has 1 aromatic heterocycles. The number of aromatic carboxylic acids is 1. The van der Waals surface area contributed by atoms with Gasteiger partial charge in [0.2, 0.25) is 0 Å². The number of anilines is 1. The molecular formula is C16H19N3O2. The van der Waals surface area contributed by atoms with Gasteiger partial charge in [-0.05, 0) is 18.9 Å². The van der Waals surface area contributed by atoms with Crippen LogP contribution < -0.4 is 4.90 Å². The quantitative estimate of drug-likeness (QED) is 0.941. The van der Waals surface area contributed by atoms with Gasteiger partial charge in [0.25, 0.3) is 0 Å². The van der Waals surface area contributed by atoms with E-state index in [1.807, 2.05) is 13.1 Å². The zero-order valence-electron chi connectivity index (χ0n) is 12.3. The summed E-state index contributed by atoms with van der Waals surface area (Å²) >= 11 is 0. The van der Waals surface area contributed by atoms with Crippen LogP contribution in [0.3, 0.4) is 0 Å². The summed E-state index contributed by atoms with van der Waals surface area (Å²) in [5, 5.41) is 13.7. The first-order valence-electron chi connectivity index (χ1n) is 7.14. The van der Waals surface area contributed by atoms with Gasteiger partial charge in [-0.3, -0.25) is 4.68 Å². The van der Waals surface area contributed by atoms with Crippen molar-refractivity contribution in [3.63, 3.8) is 0 Å². The van der Waals surface area contributed by atoms with Crippen molar-refractivity contribution in [2.24, 2.45) is 7.05 Å². The molecule has 110 valence electrons. The molecule has 2 heterocycles. The van der Waals surface area contributed by atoms with Crippen LogP contribution in [0.1, 0.15) is 34.0 Å². The molecule has 1 saturated heterocycles. The van der Waals surface area contributed by atoms with E-state index in [9.17, 15) is 9.90 Å². The molecule has 2 aromatic rings. The molecule has 0 aliphatic carbocycles. The standard InChI is InChI=1S/C16H19N3O2/c1-11-14(16(20)21)15(18(2)17-11)19-9-8-13(10-19)12-6-4-3-5-7-12/h3-7,13H,8-10H2,1-2H3,(H,20,21). The number of carbonyl (C=O) groups is 1. The third kappa shape index (κ3) is 2.39. The summed E-state index contributed by atoms with van der Waals surface area (Å²) in [4.78, 5) is 13.6. The van der Waals surface area contributed by atoms with E-state index < -0.39 is 5.97 Å². The monoisotopic (exact) mass is 285 g/mol. The lowest BCUT2D eigenvalue weighted by Crippen LogP contribution is -2.24. The van der Waals surface area contributed by atoms with Gasteiger partial charge in [0, 0.05) is 26.1 Å². The molecule has 1 aliphatic rings. The number of aryl methyl sites for hydroxylation is 2. The van der Waals surface area contributed by atoms with Crippen LogP contribution in [-0.2, 0) is 7.05 Å². The third-order valence-corrected chi connectivity index (χ3v) is 4.16. The summed E-state index contributed by atoms with van der Waals surface area (Å²) in [6.45, 7) is 3.44. The summed E-state index contributed by atoms with van der Waals surface area (Å²) < 4.78 is 1.69. The fraction of sp³-hybridized carbons (Fsp3) is 0.375. The maximum absolute atomic E-state index is 11.5. The average Bonchev–Trinajstić information content (AvgIpc) is 3.04. The minimum absolute atomic E-state index is 0.325. The Labute approximate surface area is 123 Å². The maximum Gasteiger partial charge on any atom is 0.341 e. The minimum atomic E-state index is -0.904. The molecule has 0 spiro atoms. The van der Waals surface area contributed by atoms with Gasteiger partial charge in [-0.2, -0.15) is 5.10 Å². The van der Waals surface area contributed by atoms with Gasteiger partial charge in [-0.25, -0.2) is 4.79 Å². The Morgan fingerprint density at radius 3 is 2.71 bits per heavy atom. The average molecular weight is 285 g/mol. The Morgan fingerprint density at radius 2 is 2.05 bits per heavy atom. The second-order valence-corrected chi connectivity index (χ2v) is 5.56. The number of carboxylic acid groups (broad SMARTS) is 1. The Morgan fingerprint density at radius 1 is 1.33 bits per heavy atom. The van der Waals surface area contributed by atoms with Gasteiger partial charge in [0.05, 0.1) is 5.69 Å². The summed E-state index contributed by atoms with van der Waals surface area (Å²) in [6, 6.07) is 10.4. The lowest BCUT2D eigenvalue weighted by Gasteiger charge is -2.19. The van der Waals surface area contributed by atoms with Gasteiger partial charge in [-0.1, -0.05) is 30.3 Å². The van der Waals surface area contributed by atoms with Crippen molar-refractivity contribution < 1.29 is 9.90 Å². The second-order valence-electron chi connectivity index (χ2n) is 5.56. The number of hydrogen-bond donors (Lipinski definition) is 1. The molecule has 5 nitrogen and oxygen atoms in total. The summed E-state index contributed by atoms with van der Waals surface area (Å²) in [5.74, 6) is 0.264. The highest BCUT2D eigenvalue weighted by atomic mass is 16.4. The van der Waals surface area contributed by atoms with E-state index in [-0.39, 0.29) is 0 Å². The fourth-order valence-electron chi connectivity index (χ4n) is 3.21. The molecule has 0 amide bonds. The van der Waals surface area contributed by atoms with Crippen molar-refractivity contribution in [3.8, 4) is 0 Å². The van der Waals surface area contributed by atoms with Crippen LogP contribution in [0.4, 0.5) is 5.82 Å². The summed E-state index contributed by atoms with van der Waals surface area (Å²) in [5.41, 5.74) is 2.21. The maximum atomic E-state index is 11.5. The molecule has 1 fully saturated rings.